The number of nitrogens with one attached hydrogen (secondary N) is 2. The molecule has 0 atom stereocenters. The van der Waals surface area contributed by atoms with E-state index in [4.69, 9.17) is 35.4 Å². The standard InChI is InChI=1S/C11H13BrCl2N2S/c1-2-3-4-15-11(17)16-10-8(13)5-7(12)6-9(10)14/h5-6H,2-4H2,1H3,(H2,15,16,17). The Balaban J connectivity index is 2.65. The van der Waals surface area contributed by atoms with Crippen molar-refractivity contribution >= 4 is 62.1 Å². The molecule has 0 aliphatic carbocycles. The van der Waals surface area contributed by atoms with E-state index in [1.807, 2.05) is 0 Å². The van der Waals surface area contributed by atoms with Gasteiger partial charge in [-0.25, -0.2) is 0 Å². The van der Waals surface area contributed by atoms with Crippen LogP contribution in [0.2, 0.25) is 10.0 Å². The van der Waals surface area contributed by atoms with E-state index in [0.717, 1.165) is 23.9 Å². The van der Waals surface area contributed by atoms with E-state index in [2.05, 4.69) is 33.5 Å². The predicted molar refractivity (Wildman–Crippen MR) is 83.3 cm³/mol. The van der Waals surface area contributed by atoms with E-state index in [9.17, 15) is 0 Å². The molecule has 1 rings (SSSR count). The van der Waals surface area contributed by atoms with Crippen LogP contribution in [0.25, 0.3) is 0 Å². The molecule has 2 nitrogen and oxygen atoms in total. The van der Waals surface area contributed by atoms with E-state index in [1.165, 1.54) is 0 Å². The Bertz CT molecular complexity index is 389. The molecule has 1 aromatic carbocycles. The van der Waals surface area contributed by atoms with Gasteiger partial charge >= 0.3 is 0 Å². The molecule has 0 bridgehead atoms. The van der Waals surface area contributed by atoms with Gasteiger partial charge in [0, 0.05) is 11.0 Å². The first kappa shape index (κ1) is 15.0. The molecule has 0 fully saturated rings. The average molecular weight is 356 g/mol. The van der Waals surface area contributed by atoms with E-state index in [-0.39, 0.29) is 0 Å². The molecule has 6 heteroatoms. The van der Waals surface area contributed by atoms with Crippen molar-refractivity contribution < 1.29 is 0 Å². The number of benzene rings is 1. The van der Waals surface area contributed by atoms with Crippen LogP contribution >= 0.6 is 51.3 Å². The molecule has 94 valence electrons. The molecule has 0 radical (unpaired) electrons. The smallest absolute Gasteiger partial charge is 0.170 e. The van der Waals surface area contributed by atoms with Crippen LogP contribution in [-0.2, 0) is 0 Å². The first-order chi connectivity index (χ1) is 8.04. The van der Waals surface area contributed by atoms with Crippen LogP contribution in [0.1, 0.15) is 19.8 Å². The van der Waals surface area contributed by atoms with Gasteiger partial charge in [-0.15, -0.1) is 0 Å². The highest BCUT2D eigenvalue weighted by Crippen LogP contribution is 2.33. The SMILES string of the molecule is CCCCNC(=S)Nc1c(Cl)cc(Br)cc1Cl. The van der Waals surface area contributed by atoms with Gasteiger partial charge < -0.3 is 10.6 Å². The quantitative estimate of drug-likeness (QED) is 0.596. The third-order valence-corrected chi connectivity index (χ3v) is 3.36. The minimum absolute atomic E-state index is 0.531. The van der Waals surface area contributed by atoms with Crippen molar-refractivity contribution in [3.05, 3.63) is 26.7 Å². The summed E-state index contributed by atoms with van der Waals surface area (Å²) >= 11 is 20.6. The van der Waals surface area contributed by atoms with Crippen LogP contribution in [0, 0.1) is 0 Å². The molecule has 0 saturated heterocycles. The Labute approximate surface area is 125 Å². The minimum Gasteiger partial charge on any atom is -0.362 e. The highest BCUT2D eigenvalue weighted by Gasteiger charge is 2.08. The molecule has 0 amide bonds. The summed E-state index contributed by atoms with van der Waals surface area (Å²) in [4.78, 5) is 0. The predicted octanol–water partition coefficient (Wildman–Crippen LogP) is 4.84. The highest BCUT2D eigenvalue weighted by atomic mass is 79.9. The van der Waals surface area contributed by atoms with Crippen LogP contribution in [0.4, 0.5) is 5.69 Å². The monoisotopic (exact) mass is 354 g/mol. The maximum Gasteiger partial charge on any atom is 0.170 e. The number of hydrogen-bond acceptors (Lipinski definition) is 1. The van der Waals surface area contributed by atoms with E-state index in [1.54, 1.807) is 12.1 Å². The van der Waals surface area contributed by atoms with Crippen LogP contribution in [0.3, 0.4) is 0 Å². The van der Waals surface area contributed by atoms with Gasteiger partial charge in [0.2, 0.25) is 0 Å². The molecule has 17 heavy (non-hydrogen) atoms. The van der Waals surface area contributed by atoms with Gasteiger partial charge in [0.15, 0.2) is 5.11 Å². The van der Waals surface area contributed by atoms with Crippen LogP contribution in [0.15, 0.2) is 16.6 Å². The second-order valence-corrected chi connectivity index (χ2v) is 5.62. The lowest BCUT2D eigenvalue weighted by atomic mass is 10.3. The second kappa shape index (κ2) is 7.41. The molecule has 0 aromatic heterocycles. The average Bonchev–Trinajstić information content (AvgIpc) is 2.24. The van der Waals surface area contributed by atoms with Crippen LogP contribution in [-0.4, -0.2) is 11.7 Å². The normalized spacial score (nSPS) is 10.1. The molecule has 0 aliphatic heterocycles. The zero-order chi connectivity index (χ0) is 12.8. The topological polar surface area (TPSA) is 24.1 Å². The van der Waals surface area contributed by atoms with Crippen molar-refractivity contribution in [2.24, 2.45) is 0 Å². The fourth-order valence-corrected chi connectivity index (χ4v) is 2.71. The Hall–Kier alpha value is -0.0300. The van der Waals surface area contributed by atoms with Gasteiger partial charge in [0.05, 0.1) is 15.7 Å². The lowest BCUT2D eigenvalue weighted by Crippen LogP contribution is -2.29. The number of thiocarbonyl (C=S) groups is 1. The van der Waals surface area contributed by atoms with Crippen LogP contribution in [0.5, 0.6) is 0 Å². The third-order valence-electron chi connectivity index (χ3n) is 2.06. The zero-order valence-electron chi connectivity index (χ0n) is 9.32. The first-order valence-electron chi connectivity index (χ1n) is 5.24. The summed E-state index contributed by atoms with van der Waals surface area (Å²) in [5.41, 5.74) is 0.630. The molecule has 0 spiro atoms. The molecular weight excluding hydrogens is 343 g/mol. The summed E-state index contributed by atoms with van der Waals surface area (Å²) in [5, 5.41) is 7.69. The summed E-state index contributed by atoms with van der Waals surface area (Å²) in [6, 6.07) is 3.54. The van der Waals surface area contributed by atoms with Gasteiger partial charge in [-0.05, 0) is 30.8 Å². The van der Waals surface area contributed by atoms with Crippen molar-refractivity contribution in [1.29, 1.82) is 0 Å². The summed E-state index contributed by atoms with van der Waals surface area (Å²) in [6.07, 6.45) is 2.19. The van der Waals surface area contributed by atoms with Gasteiger partial charge in [-0.1, -0.05) is 52.5 Å². The second-order valence-electron chi connectivity index (χ2n) is 3.48. The minimum atomic E-state index is 0.531. The number of unbranched alkanes of at least 4 members (excludes halogenated alkanes) is 1. The fraction of sp³-hybridized carbons (Fsp3) is 0.364. The molecule has 2 N–H and O–H groups in total. The van der Waals surface area contributed by atoms with Crippen LogP contribution < -0.4 is 10.6 Å². The molecule has 0 aliphatic rings. The Morgan fingerprint density at radius 1 is 1.35 bits per heavy atom. The Morgan fingerprint density at radius 3 is 2.47 bits per heavy atom. The Kier molecular flexibility index (Phi) is 6.55. The molecule has 0 heterocycles. The van der Waals surface area contributed by atoms with Crippen molar-refractivity contribution in [3.63, 3.8) is 0 Å². The lowest BCUT2D eigenvalue weighted by Gasteiger charge is -2.13. The summed E-state index contributed by atoms with van der Waals surface area (Å²) in [6.45, 7) is 2.97. The van der Waals surface area contributed by atoms with Crippen molar-refractivity contribution in [3.8, 4) is 0 Å². The van der Waals surface area contributed by atoms with Gasteiger partial charge in [0.25, 0.3) is 0 Å². The molecular formula is C11H13BrCl2N2S. The molecule has 0 unspecified atom stereocenters. The number of hydrogen-bond donors (Lipinski definition) is 2. The van der Waals surface area contributed by atoms with Gasteiger partial charge in [0.1, 0.15) is 0 Å². The summed E-state index contributed by atoms with van der Waals surface area (Å²) in [7, 11) is 0. The first-order valence-corrected chi connectivity index (χ1v) is 7.19. The van der Waals surface area contributed by atoms with E-state index < -0.39 is 0 Å². The lowest BCUT2D eigenvalue weighted by molar-refractivity contribution is 0.758. The summed E-state index contributed by atoms with van der Waals surface area (Å²) < 4.78 is 0.836. The van der Waals surface area contributed by atoms with Crippen molar-refractivity contribution in [2.75, 3.05) is 11.9 Å². The Morgan fingerprint density at radius 2 is 1.94 bits per heavy atom. The maximum atomic E-state index is 6.08. The molecule has 1 aromatic rings. The number of halogens is 3. The third kappa shape index (κ3) is 5.00. The maximum absolute atomic E-state index is 6.08. The molecule has 0 saturated carbocycles. The van der Waals surface area contributed by atoms with E-state index >= 15 is 0 Å². The highest BCUT2D eigenvalue weighted by molar-refractivity contribution is 9.10. The van der Waals surface area contributed by atoms with Crippen molar-refractivity contribution in [2.45, 2.75) is 19.8 Å². The number of rotatable bonds is 4. The van der Waals surface area contributed by atoms with E-state index in [0.29, 0.717) is 20.8 Å². The van der Waals surface area contributed by atoms with Crippen molar-refractivity contribution in [1.82, 2.24) is 5.32 Å². The largest absolute Gasteiger partial charge is 0.362 e. The number of anilines is 1. The van der Waals surface area contributed by atoms with Gasteiger partial charge in [-0.2, -0.15) is 0 Å². The fourth-order valence-electron chi connectivity index (χ4n) is 1.20. The van der Waals surface area contributed by atoms with Gasteiger partial charge in [-0.3, -0.25) is 0 Å². The zero-order valence-corrected chi connectivity index (χ0v) is 13.2. The summed E-state index contributed by atoms with van der Waals surface area (Å²) in [5.74, 6) is 0.